The van der Waals surface area contributed by atoms with E-state index >= 15 is 0 Å². The Bertz CT molecular complexity index is 538. The van der Waals surface area contributed by atoms with Crippen molar-refractivity contribution in [1.29, 1.82) is 0 Å². The lowest BCUT2D eigenvalue weighted by Gasteiger charge is -2.23. The lowest BCUT2D eigenvalue weighted by atomic mass is 10.2. The second kappa shape index (κ2) is 7.36. The SMILES string of the molecule is CCN(Cc1cccs1)C(=S)NCc1ccc(F)cc1. The van der Waals surface area contributed by atoms with Gasteiger partial charge in [0.25, 0.3) is 0 Å². The molecule has 0 fully saturated rings. The van der Waals surface area contributed by atoms with Gasteiger partial charge in [-0.3, -0.25) is 0 Å². The summed E-state index contributed by atoms with van der Waals surface area (Å²) < 4.78 is 12.8. The zero-order valence-corrected chi connectivity index (χ0v) is 12.9. The van der Waals surface area contributed by atoms with Crippen molar-refractivity contribution in [3.8, 4) is 0 Å². The minimum atomic E-state index is -0.218. The van der Waals surface area contributed by atoms with Crippen molar-refractivity contribution in [3.63, 3.8) is 0 Å². The maximum atomic E-state index is 12.8. The minimum absolute atomic E-state index is 0.218. The molecule has 1 N–H and O–H groups in total. The topological polar surface area (TPSA) is 15.3 Å². The molecule has 2 rings (SSSR count). The summed E-state index contributed by atoms with van der Waals surface area (Å²) in [4.78, 5) is 3.41. The first-order chi connectivity index (χ1) is 9.69. The van der Waals surface area contributed by atoms with Gasteiger partial charge in [-0.05, 0) is 48.3 Å². The standard InChI is InChI=1S/C15H17FN2S2/c1-2-18(11-14-4-3-9-20-14)15(19)17-10-12-5-7-13(16)8-6-12/h3-9H,2,10-11H2,1H3,(H,17,19). The van der Waals surface area contributed by atoms with Crippen LogP contribution in [0.25, 0.3) is 0 Å². The zero-order chi connectivity index (χ0) is 14.4. The normalized spacial score (nSPS) is 10.3. The molecule has 0 aliphatic carbocycles. The number of thiocarbonyl (C=S) groups is 1. The fourth-order valence-corrected chi connectivity index (χ4v) is 2.79. The van der Waals surface area contributed by atoms with Gasteiger partial charge in [-0.1, -0.05) is 18.2 Å². The van der Waals surface area contributed by atoms with Gasteiger partial charge in [0.1, 0.15) is 5.82 Å². The third-order valence-corrected chi connectivity index (χ3v) is 4.22. The Morgan fingerprint density at radius 3 is 2.65 bits per heavy atom. The quantitative estimate of drug-likeness (QED) is 0.846. The molecular weight excluding hydrogens is 291 g/mol. The van der Waals surface area contributed by atoms with Crippen molar-refractivity contribution in [2.24, 2.45) is 0 Å². The van der Waals surface area contributed by atoms with Crippen LogP contribution in [0.2, 0.25) is 0 Å². The number of thiophene rings is 1. The van der Waals surface area contributed by atoms with Crippen molar-refractivity contribution in [3.05, 3.63) is 58.0 Å². The maximum absolute atomic E-state index is 12.8. The number of nitrogens with one attached hydrogen (secondary N) is 1. The van der Waals surface area contributed by atoms with Gasteiger partial charge in [0.05, 0.1) is 6.54 Å². The van der Waals surface area contributed by atoms with Gasteiger partial charge < -0.3 is 10.2 Å². The highest BCUT2D eigenvalue weighted by molar-refractivity contribution is 7.80. The van der Waals surface area contributed by atoms with Crippen molar-refractivity contribution < 1.29 is 4.39 Å². The first-order valence-electron chi connectivity index (χ1n) is 6.48. The molecule has 0 saturated heterocycles. The van der Waals surface area contributed by atoms with Crippen LogP contribution in [0, 0.1) is 5.82 Å². The molecule has 0 bridgehead atoms. The van der Waals surface area contributed by atoms with E-state index in [0.717, 1.165) is 23.8 Å². The molecule has 0 aliphatic heterocycles. The number of hydrogen-bond acceptors (Lipinski definition) is 2. The molecule has 0 atom stereocenters. The van der Waals surface area contributed by atoms with Crippen LogP contribution in [0.5, 0.6) is 0 Å². The second-order valence-corrected chi connectivity index (χ2v) is 5.80. The summed E-state index contributed by atoms with van der Waals surface area (Å²) in [5, 5.41) is 6.02. The van der Waals surface area contributed by atoms with Gasteiger partial charge in [0.15, 0.2) is 5.11 Å². The van der Waals surface area contributed by atoms with Crippen molar-refractivity contribution >= 4 is 28.7 Å². The van der Waals surface area contributed by atoms with Gasteiger partial charge in [0, 0.05) is 18.0 Å². The summed E-state index contributed by atoms with van der Waals surface area (Å²) in [6.45, 7) is 4.37. The summed E-state index contributed by atoms with van der Waals surface area (Å²) in [7, 11) is 0. The molecule has 1 aromatic carbocycles. The molecule has 1 heterocycles. The highest BCUT2D eigenvalue weighted by Gasteiger charge is 2.08. The monoisotopic (exact) mass is 308 g/mol. The Morgan fingerprint density at radius 2 is 2.05 bits per heavy atom. The predicted octanol–water partition coefficient (Wildman–Crippen LogP) is 3.78. The third kappa shape index (κ3) is 4.28. The third-order valence-electron chi connectivity index (χ3n) is 2.95. The molecule has 106 valence electrons. The molecule has 2 nitrogen and oxygen atoms in total. The van der Waals surface area contributed by atoms with E-state index in [1.807, 2.05) is 6.07 Å². The smallest absolute Gasteiger partial charge is 0.169 e. The summed E-state index contributed by atoms with van der Waals surface area (Å²) in [6.07, 6.45) is 0. The fourth-order valence-electron chi connectivity index (χ4n) is 1.81. The molecule has 0 unspecified atom stereocenters. The summed E-state index contributed by atoms with van der Waals surface area (Å²) in [6, 6.07) is 10.6. The number of rotatable bonds is 5. The summed E-state index contributed by atoms with van der Waals surface area (Å²) in [5.41, 5.74) is 1.01. The molecule has 2 aromatic rings. The van der Waals surface area contributed by atoms with E-state index in [-0.39, 0.29) is 5.82 Å². The molecule has 0 spiro atoms. The van der Waals surface area contributed by atoms with Gasteiger partial charge >= 0.3 is 0 Å². The Kier molecular flexibility index (Phi) is 5.49. The van der Waals surface area contributed by atoms with Gasteiger partial charge in [-0.15, -0.1) is 11.3 Å². The van der Waals surface area contributed by atoms with Crippen LogP contribution in [-0.4, -0.2) is 16.6 Å². The number of halogens is 1. The fraction of sp³-hybridized carbons (Fsp3) is 0.267. The van der Waals surface area contributed by atoms with E-state index in [0.29, 0.717) is 6.54 Å². The largest absolute Gasteiger partial charge is 0.358 e. The first kappa shape index (κ1) is 14.9. The summed E-state index contributed by atoms with van der Waals surface area (Å²) >= 11 is 7.15. The zero-order valence-electron chi connectivity index (χ0n) is 11.3. The van der Waals surface area contributed by atoms with Crippen LogP contribution < -0.4 is 5.32 Å². The number of hydrogen-bond donors (Lipinski definition) is 1. The lowest BCUT2D eigenvalue weighted by Crippen LogP contribution is -2.38. The van der Waals surface area contributed by atoms with E-state index in [9.17, 15) is 4.39 Å². The average molecular weight is 308 g/mol. The first-order valence-corrected chi connectivity index (χ1v) is 7.77. The van der Waals surface area contributed by atoms with E-state index in [2.05, 4.69) is 28.6 Å². The van der Waals surface area contributed by atoms with Gasteiger partial charge in [0.2, 0.25) is 0 Å². The van der Waals surface area contributed by atoms with Gasteiger partial charge in [-0.2, -0.15) is 0 Å². The Hall–Kier alpha value is -1.46. The average Bonchev–Trinajstić information content (AvgIpc) is 2.97. The van der Waals surface area contributed by atoms with Crippen LogP contribution >= 0.6 is 23.6 Å². The Morgan fingerprint density at radius 1 is 1.30 bits per heavy atom. The van der Waals surface area contributed by atoms with E-state index in [4.69, 9.17) is 12.2 Å². The molecule has 0 radical (unpaired) electrons. The molecule has 5 heteroatoms. The van der Waals surface area contributed by atoms with E-state index < -0.39 is 0 Å². The summed E-state index contributed by atoms with van der Waals surface area (Å²) in [5.74, 6) is -0.218. The molecule has 0 aliphatic rings. The number of benzene rings is 1. The van der Waals surface area contributed by atoms with Crippen molar-refractivity contribution in [2.45, 2.75) is 20.0 Å². The number of nitrogens with zero attached hydrogens (tertiary/aromatic N) is 1. The van der Waals surface area contributed by atoms with E-state index in [1.165, 1.54) is 17.0 Å². The molecule has 0 amide bonds. The lowest BCUT2D eigenvalue weighted by molar-refractivity contribution is 0.430. The maximum Gasteiger partial charge on any atom is 0.169 e. The van der Waals surface area contributed by atoms with Crippen molar-refractivity contribution in [1.82, 2.24) is 10.2 Å². The van der Waals surface area contributed by atoms with Crippen molar-refractivity contribution in [2.75, 3.05) is 6.54 Å². The Balaban J connectivity index is 1.87. The second-order valence-electron chi connectivity index (χ2n) is 4.38. The Labute approximate surface area is 128 Å². The van der Waals surface area contributed by atoms with E-state index in [1.54, 1.807) is 23.5 Å². The highest BCUT2D eigenvalue weighted by Crippen LogP contribution is 2.12. The molecule has 0 saturated carbocycles. The minimum Gasteiger partial charge on any atom is -0.358 e. The van der Waals surface area contributed by atoms with Crippen LogP contribution in [-0.2, 0) is 13.1 Å². The van der Waals surface area contributed by atoms with Crippen LogP contribution in [0.3, 0.4) is 0 Å². The highest BCUT2D eigenvalue weighted by atomic mass is 32.1. The van der Waals surface area contributed by atoms with Crippen LogP contribution in [0.4, 0.5) is 4.39 Å². The predicted molar refractivity (Wildman–Crippen MR) is 86.2 cm³/mol. The molecule has 20 heavy (non-hydrogen) atoms. The molecule has 1 aromatic heterocycles. The van der Waals surface area contributed by atoms with Crippen LogP contribution in [0.1, 0.15) is 17.4 Å². The van der Waals surface area contributed by atoms with Crippen LogP contribution in [0.15, 0.2) is 41.8 Å². The molecular formula is C15H17FN2S2. The van der Waals surface area contributed by atoms with Gasteiger partial charge in [-0.25, -0.2) is 4.39 Å².